The topological polar surface area (TPSA) is 86.8 Å². The summed E-state index contributed by atoms with van der Waals surface area (Å²) in [6.45, 7) is 3.79. The van der Waals surface area contributed by atoms with Crippen molar-refractivity contribution in [1.82, 2.24) is 10.2 Å². The Morgan fingerprint density at radius 1 is 1.00 bits per heavy atom. The molecule has 0 saturated heterocycles. The number of hydrogen-bond donors (Lipinski definition) is 1. The van der Waals surface area contributed by atoms with E-state index < -0.39 is 34.3 Å². The van der Waals surface area contributed by atoms with Crippen LogP contribution < -0.4 is 9.62 Å². The Labute approximate surface area is 248 Å². The van der Waals surface area contributed by atoms with Gasteiger partial charge in [0.15, 0.2) is 0 Å². The van der Waals surface area contributed by atoms with Crippen LogP contribution in [0.3, 0.4) is 0 Å². The zero-order chi connectivity index (χ0) is 29.4. The summed E-state index contributed by atoms with van der Waals surface area (Å²) in [6, 6.07) is 19.1. The number of nitrogens with one attached hydrogen (secondary N) is 1. The lowest BCUT2D eigenvalue weighted by Gasteiger charge is -2.33. The smallest absolute Gasteiger partial charge is 0.244 e. The molecule has 0 aromatic heterocycles. The standard InChI is InChI=1S/C29H32BrClFN3O4S/c1-20(2)17-33-29(37)27(15-21-7-5-4-6-8-21)34(18-22-9-11-23(30)12-10-22)28(36)19-35(40(3,38)39)24-13-14-26(32)25(31)16-24/h4-14,16,20,27H,15,17-19H2,1-3H3,(H,33,37)/t27-/m0/s1. The van der Waals surface area contributed by atoms with E-state index in [4.69, 9.17) is 11.6 Å². The van der Waals surface area contributed by atoms with Gasteiger partial charge in [0, 0.05) is 24.0 Å². The third kappa shape index (κ3) is 9.04. The molecule has 0 unspecified atom stereocenters. The van der Waals surface area contributed by atoms with Crippen molar-refractivity contribution in [3.8, 4) is 0 Å². The number of amides is 2. The maximum absolute atomic E-state index is 14.0. The molecule has 0 radical (unpaired) electrons. The number of hydrogen-bond acceptors (Lipinski definition) is 4. The number of carbonyl (C=O) groups excluding carboxylic acids is 2. The van der Waals surface area contributed by atoms with E-state index in [2.05, 4.69) is 21.2 Å². The molecule has 0 aliphatic rings. The minimum Gasteiger partial charge on any atom is -0.354 e. The molecule has 0 aliphatic heterocycles. The molecule has 40 heavy (non-hydrogen) atoms. The molecule has 0 heterocycles. The quantitative estimate of drug-likeness (QED) is 0.283. The van der Waals surface area contributed by atoms with E-state index in [1.807, 2.05) is 68.4 Å². The molecule has 0 saturated carbocycles. The van der Waals surface area contributed by atoms with Crippen molar-refractivity contribution in [3.63, 3.8) is 0 Å². The summed E-state index contributed by atoms with van der Waals surface area (Å²) >= 11 is 9.33. The Hall–Kier alpha value is -2.95. The second-order valence-corrected chi connectivity index (χ2v) is 13.1. The maximum Gasteiger partial charge on any atom is 0.244 e. The van der Waals surface area contributed by atoms with Gasteiger partial charge in [-0.15, -0.1) is 0 Å². The second kappa shape index (κ2) is 14.1. The predicted octanol–water partition coefficient (Wildman–Crippen LogP) is 5.42. The number of sulfonamides is 1. The monoisotopic (exact) mass is 651 g/mol. The average Bonchev–Trinajstić information content (AvgIpc) is 2.90. The molecule has 3 aromatic carbocycles. The van der Waals surface area contributed by atoms with Gasteiger partial charge in [0.05, 0.1) is 17.0 Å². The summed E-state index contributed by atoms with van der Waals surface area (Å²) in [5.74, 6) is -1.49. The summed E-state index contributed by atoms with van der Waals surface area (Å²) in [5, 5.41) is 2.65. The Kier molecular flexibility index (Phi) is 11.1. The van der Waals surface area contributed by atoms with E-state index in [-0.39, 0.29) is 35.5 Å². The summed E-state index contributed by atoms with van der Waals surface area (Å²) in [6.07, 6.45) is 1.17. The number of nitrogens with zero attached hydrogens (tertiary/aromatic N) is 2. The van der Waals surface area contributed by atoms with Gasteiger partial charge < -0.3 is 10.2 Å². The summed E-state index contributed by atoms with van der Waals surface area (Å²) < 4.78 is 41.1. The molecule has 7 nitrogen and oxygen atoms in total. The molecule has 0 aliphatic carbocycles. The maximum atomic E-state index is 14.0. The first-order chi connectivity index (χ1) is 18.8. The first kappa shape index (κ1) is 31.6. The minimum absolute atomic E-state index is 0.0368. The molecule has 11 heteroatoms. The van der Waals surface area contributed by atoms with E-state index in [1.54, 1.807) is 0 Å². The van der Waals surface area contributed by atoms with Gasteiger partial charge in [0.2, 0.25) is 21.8 Å². The number of halogens is 3. The molecule has 214 valence electrons. The van der Waals surface area contributed by atoms with Gasteiger partial charge in [-0.1, -0.05) is 83.8 Å². The van der Waals surface area contributed by atoms with Gasteiger partial charge in [0.1, 0.15) is 18.4 Å². The van der Waals surface area contributed by atoms with Crippen LogP contribution >= 0.6 is 27.5 Å². The fraction of sp³-hybridized carbons (Fsp3) is 0.310. The van der Waals surface area contributed by atoms with Crippen molar-refractivity contribution in [1.29, 1.82) is 0 Å². The van der Waals surface area contributed by atoms with E-state index in [0.29, 0.717) is 6.54 Å². The molecule has 0 fully saturated rings. The number of carbonyl (C=O) groups is 2. The van der Waals surface area contributed by atoms with E-state index in [9.17, 15) is 22.4 Å². The highest BCUT2D eigenvalue weighted by molar-refractivity contribution is 9.10. The Morgan fingerprint density at radius 3 is 2.23 bits per heavy atom. The predicted molar refractivity (Wildman–Crippen MR) is 160 cm³/mol. The summed E-state index contributed by atoms with van der Waals surface area (Å²) in [4.78, 5) is 29.0. The van der Waals surface area contributed by atoms with Crippen LogP contribution in [0.5, 0.6) is 0 Å². The van der Waals surface area contributed by atoms with Crippen LogP contribution in [0.25, 0.3) is 0 Å². The lowest BCUT2D eigenvalue weighted by molar-refractivity contribution is -0.140. The van der Waals surface area contributed by atoms with Crippen molar-refractivity contribution in [2.45, 2.75) is 32.9 Å². The fourth-order valence-electron chi connectivity index (χ4n) is 4.02. The van der Waals surface area contributed by atoms with E-state index in [0.717, 1.165) is 38.3 Å². The van der Waals surface area contributed by atoms with Crippen molar-refractivity contribution in [2.24, 2.45) is 5.92 Å². The normalized spacial score (nSPS) is 12.2. The molecule has 3 aromatic rings. The first-order valence-corrected chi connectivity index (χ1v) is 15.7. The highest BCUT2D eigenvalue weighted by atomic mass is 79.9. The van der Waals surface area contributed by atoms with Gasteiger partial charge in [-0.25, -0.2) is 12.8 Å². The third-order valence-electron chi connectivity index (χ3n) is 6.09. The van der Waals surface area contributed by atoms with Crippen molar-refractivity contribution >= 4 is 55.1 Å². The zero-order valence-electron chi connectivity index (χ0n) is 22.5. The largest absolute Gasteiger partial charge is 0.354 e. The highest BCUT2D eigenvalue weighted by Crippen LogP contribution is 2.25. The molecule has 2 amide bonds. The average molecular weight is 653 g/mol. The lowest BCUT2D eigenvalue weighted by Crippen LogP contribution is -2.53. The van der Waals surface area contributed by atoms with E-state index in [1.165, 1.54) is 11.0 Å². The van der Waals surface area contributed by atoms with Crippen LogP contribution in [-0.4, -0.2) is 50.5 Å². The van der Waals surface area contributed by atoms with Crippen LogP contribution in [-0.2, 0) is 32.6 Å². The Morgan fingerprint density at radius 2 is 1.65 bits per heavy atom. The Balaban J connectivity index is 2.05. The van der Waals surface area contributed by atoms with Gasteiger partial charge in [-0.2, -0.15) is 0 Å². The van der Waals surface area contributed by atoms with Crippen LogP contribution in [0.2, 0.25) is 5.02 Å². The van der Waals surface area contributed by atoms with Crippen LogP contribution in [0.1, 0.15) is 25.0 Å². The molecule has 1 atom stereocenters. The molecular weight excluding hydrogens is 621 g/mol. The highest BCUT2D eigenvalue weighted by Gasteiger charge is 2.33. The number of anilines is 1. The molecular formula is C29H32BrClFN3O4S. The second-order valence-electron chi connectivity index (χ2n) is 9.86. The first-order valence-electron chi connectivity index (χ1n) is 12.6. The number of rotatable bonds is 12. The van der Waals surface area contributed by atoms with Crippen LogP contribution in [0.4, 0.5) is 10.1 Å². The molecule has 0 bridgehead atoms. The van der Waals surface area contributed by atoms with Gasteiger partial charge in [-0.3, -0.25) is 13.9 Å². The van der Waals surface area contributed by atoms with Gasteiger partial charge in [0.25, 0.3) is 0 Å². The van der Waals surface area contributed by atoms with E-state index >= 15 is 0 Å². The SMILES string of the molecule is CC(C)CNC(=O)[C@H](Cc1ccccc1)N(Cc1ccc(Br)cc1)C(=O)CN(c1ccc(F)c(Cl)c1)S(C)(=O)=O. The van der Waals surface area contributed by atoms with Crippen molar-refractivity contribution in [3.05, 3.63) is 99.2 Å². The van der Waals surface area contributed by atoms with Gasteiger partial charge >= 0.3 is 0 Å². The van der Waals surface area contributed by atoms with Crippen molar-refractivity contribution in [2.75, 3.05) is 23.7 Å². The van der Waals surface area contributed by atoms with Crippen LogP contribution in [0.15, 0.2) is 77.3 Å². The van der Waals surface area contributed by atoms with Crippen LogP contribution in [0, 0.1) is 11.7 Å². The number of benzene rings is 3. The van der Waals surface area contributed by atoms with Gasteiger partial charge in [-0.05, 0) is 47.4 Å². The summed E-state index contributed by atoms with van der Waals surface area (Å²) in [7, 11) is -3.98. The lowest BCUT2D eigenvalue weighted by atomic mass is 10.0. The minimum atomic E-state index is -3.98. The summed E-state index contributed by atoms with van der Waals surface area (Å²) in [5.41, 5.74) is 1.63. The molecule has 1 N–H and O–H groups in total. The zero-order valence-corrected chi connectivity index (χ0v) is 25.6. The molecule has 0 spiro atoms. The Bertz CT molecular complexity index is 1420. The van der Waals surface area contributed by atoms with Crippen molar-refractivity contribution < 1.29 is 22.4 Å². The fourth-order valence-corrected chi connectivity index (χ4v) is 5.30. The molecule has 3 rings (SSSR count). The third-order valence-corrected chi connectivity index (χ3v) is 8.05.